The van der Waals surface area contributed by atoms with Gasteiger partial charge in [-0.3, -0.25) is 0 Å². The third-order valence-corrected chi connectivity index (χ3v) is 3.21. The monoisotopic (exact) mass is 271 g/mol. The lowest BCUT2D eigenvalue weighted by Crippen LogP contribution is -2.24. The number of nitrogen functional groups attached to an aromatic ring is 1. The van der Waals surface area contributed by atoms with Gasteiger partial charge >= 0.3 is 0 Å². The topological polar surface area (TPSA) is 81.1 Å². The first-order valence-electron chi connectivity index (χ1n) is 6.77. The molecule has 0 unspecified atom stereocenters. The summed E-state index contributed by atoms with van der Waals surface area (Å²) in [6, 6.07) is 10.4. The lowest BCUT2D eigenvalue weighted by atomic mass is 10.1. The van der Waals surface area contributed by atoms with Gasteiger partial charge in [-0.1, -0.05) is 30.3 Å². The fourth-order valence-corrected chi connectivity index (χ4v) is 2.12. The summed E-state index contributed by atoms with van der Waals surface area (Å²) in [6.07, 6.45) is 3.48. The highest BCUT2D eigenvalue weighted by atomic mass is 15.2. The van der Waals surface area contributed by atoms with E-state index in [1.807, 2.05) is 13.1 Å². The Kier molecular flexibility index (Phi) is 4.90. The molecule has 2 aromatic rings. The van der Waals surface area contributed by atoms with E-state index in [0.717, 1.165) is 30.8 Å². The van der Waals surface area contributed by atoms with Crippen LogP contribution in [0.1, 0.15) is 11.1 Å². The normalized spacial score (nSPS) is 10.5. The molecule has 0 aliphatic rings. The summed E-state index contributed by atoms with van der Waals surface area (Å²) in [7, 11) is 2.02. The Balaban J connectivity index is 2.08. The van der Waals surface area contributed by atoms with Gasteiger partial charge in [0.05, 0.1) is 0 Å². The van der Waals surface area contributed by atoms with Crippen molar-refractivity contribution in [2.45, 2.75) is 12.8 Å². The van der Waals surface area contributed by atoms with E-state index in [-0.39, 0.29) is 0 Å². The van der Waals surface area contributed by atoms with Crippen LogP contribution in [0, 0.1) is 0 Å². The van der Waals surface area contributed by atoms with Crippen LogP contribution in [-0.2, 0) is 12.8 Å². The average molecular weight is 271 g/mol. The van der Waals surface area contributed by atoms with Gasteiger partial charge in [-0.15, -0.1) is 0 Å². The zero-order valence-electron chi connectivity index (χ0n) is 11.8. The molecule has 0 atom stereocenters. The van der Waals surface area contributed by atoms with Gasteiger partial charge in [0.25, 0.3) is 0 Å². The van der Waals surface area contributed by atoms with Crippen LogP contribution < -0.4 is 16.4 Å². The highest BCUT2D eigenvalue weighted by Crippen LogP contribution is 2.17. The second-order valence-corrected chi connectivity index (χ2v) is 4.77. The third-order valence-electron chi connectivity index (χ3n) is 3.21. The molecule has 0 bridgehead atoms. The molecule has 1 aromatic carbocycles. The van der Waals surface area contributed by atoms with Gasteiger partial charge in [0.2, 0.25) is 5.95 Å². The van der Waals surface area contributed by atoms with E-state index >= 15 is 0 Å². The van der Waals surface area contributed by atoms with Crippen LogP contribution in [0.3, 0.4) is 0 Å². The summed E-state index contributed by atoms with van der Waals surface area (Å²) < 4.78 is 0. The van der Waals surface area contributed by atoms with E-state index in [4.69, 9.17) is 11.5 Å². The molecular weight excluding hydrogens is 250 g/mol. The lowest BCUT2D eigenvalue weighted by molar-refractivity contribution is 0.836. The number of aromatic nitrogens is 2. The number of rotatable bonds is 6. The predicted octanol–water partition coefficient (Wildman–Crippen LogP) is 1.24. The van der Waals surface area contributed by atoms with Crippen molar-refractivity contribution in [2.75, 3.05) is 30.8 Å². The maximum Gasteiger partial charge on any atom is 0.221 e. The minimum Gasteiger partial charge on any atom is -0.368 e. The molecule has 4 N–H and O–H groups in total. The zero-order chi connectivity index (χ0) is 14.4. The second-order valence-electron chi connectivity index (χ2n) is 4.77. The number of hydrogen-bond donors (Lipinski definition) is 2. The zero-order valence-corrected chi connectivity index (χ0v) is 11.8. The van der Waals surface area contributed by atoms with Crippen LogP contribution in [0.15, 0.2) is 36.5 Å². The van der Waals surface area contributed by atoms with Crippen LogP contribution in [-0.4, -0.2) is 30.1 Å². The van der Waals surface area contributed by atoms with Crippen LogP contribution in [0.25, 0.3) is 0 Å². The number of hydrogen-bond acceptors (Lipinski definition) is 5. The quantitative estimate of drug-likeness (QED) is 0.826. The molecular formula is C15H21N5. The van der Waals surface area contributed by atoms with Gasteiger partial charge in [0, 0.05) is 25.4 Å². The van der Waals surface area contributed by atoms with E-state index in [2.05, 4.69) is 39.1 Å². The van der Waals surface area contributed by atoms with Gasteiger partial charge in [-0.2, -0.15) is 4.98 Å². The van der Waals surface area contributed by atoms with Crippen molar-refractivity contribution in [3.8, 4) is 0 Å². The number of anilines is 2. The Morgan fingerprint density at radius 2 is 1.90 bits per heavy atom. The number of benzene rings is 1. The van der Waals surface area contributed by atoms with Crippen LogP contribution in [0.4, 0.5) is 11.8 Å². The summed E-state index contributed by atoms with van der Waals surface area (Å²) in [5.74, 6) is 1.17. The maximum atomic E-state index is 5.69. The Morgan fingerprint density at radius 1 is 1.15 bits per heavy atom. The number of likely N-dealkylation sites (N-methyl/N-ethyl adjacent to an activating group) is 1. The molecule has 2 rings (SSSR count). The molecule has 5 heteroatoms. The highest BCUT2D eigenvalue weighted by Gasteiger charge is 2.10. The number of nitrogens with two attached hydrogens (primary N) is 2. The minimum atomic E-state index is 0.298. The molecule has 0 fully saturated rings. The molecule has 20 heavy (non-hydrogen) atoms. The fourth-order valence-electron chi connectivity index (χ4n) is 2.12. The Labute approximate surface area is 119 Å². The van der Waals surface area contributed by atoms with E-state index in [0.29, 0.717) is 12.5 Å². The predicted molar refractivity (Wildman–Crippen MR) is 82.6 cm³/mol. The maximum absolute atomic E-state index is 5.69. The van der Waals surface area contributed by atoms with Crippen LogP contribution in [0.2, 0.25) is 0 Å². The molecule has 0 saturated carbocycles. The second kappa shape index (κ2) is 6.86. The van der Waals surface area contributed by atoms with Gasteiger partial charge in [0.15, 0.2) is 0 Å². The molecule has 1 aromatic heterocycles. The van der Waals surface area contributed by atoms with E-state index < -0.39 is 0 Å². The van der Waals surface area contributed by atoms with Crippen LogP contribution in [0.5, 0.6) is 0 Å². The molecule has 106 valence electrons. The first-order valence-corrected chi connectivity index (χ1v) is 6.77. The molecule has 0 radical (unpaired) electrons. The summed E-state index contributed by atoms with van der Waals surface area (Å²) >= 11 is 0. The first-order chi connectivity index (χ1) is 9.70. The third kappa shape index (κ3) is 3.68. The van der Waals surface area contributed by atoms with Crippen molar-refractivity contribution in [3.63, 3.8) is 0 Å². The molecule has 0 spiro atoms. The molecule has 1 heterocycles. The smallest absolute Gasteiger partial charge is 0.221 e. The Hall–Kier alpha value is -2.14. The van der Waals surface area contributed by atoms with E-state index in [1.165, 1.54) is 5.56 Å². The van der Waals surface area contributed by atoms with E-state index in [1.54, 1.807) is 6.20 Å². The Bertz CT molecular complexity index is 541. The molecule has 0 saturated heterocycles. The van der Waals surface area contributed by atoms with E-state index in [9.17, 15) is 0 Å². The summed E-state index contributed by atoms with van der Waals surface area (Å²) in [6.45, 7) is 1.45. The largest absolute Gasteiger partial charge is 0.368 e. The lowest BCUT2D eigenvalue weighted by Gasteiger charge is -2.21. The van der Waals surface area contributed by atoms with Gasteiger partial charge in [0.1, 0.15) is 5.82 Å². The molecule has 5 nitrogen and oxygen atoms in total. The first kappa shape index (κ1) is 14.3. The highest BCUT2D eigenvalue weighted by molar-refractivity contribution is 5.48. The summed E-state index contributed by atoms with van der Waals surface area (Å²) in [4.78, 5) is 10.5. The summed E-state index contributed by atoms with van der Waals surface area (Å²) in [5.41, 5.74) is 13.7. The van der Waals surface area contributed by atoms with Crippen molar-refractivity contribution < 1.29 is 0 Å². The molecule has 0 aliphatic heterocycles. The SMILES string of the molecule is CN(CCc1ccccc1)c1nc(N)ncc1CCN. The van der Waals surface area contributed by atoms with Gasteiger partial charge in [-0.25, -0.2) is 4.98 Å². The van der Waals surface area contributed by atoms with Crippen molar-refractivity contribution in [3.05, 3.63) is 47.7 Å². The minimum absolute atomic E-state index is 0.298. The van der Waals surface area contributed by atoms with Crippen molar-refractivity contribution in [1.82, 2.24) is 9.97 Å². The molecule has 0 amide bonds. The van der Waals surface area contributed by atoms with Gasteiger partial charge < -0.3 is 16.4 Å². The van der Waals surface area contributed by atoms with Crippen molar-refractivity contribution in [1.29, 1.82) is 0 Å². The average Bonchev–Trinajstić information content (AvgIpc) is 2.48. The number of nitrogens with zero attached hydrogens (tertiary/aromatic N) is 3. The summed E-state index contributed by atoms with van der Waals surface area (Å²) in [5, 5.41) is 0. The Morgan fingerprint density at radius 3 is 2.60 bits per heavy atom. The van der Waals surface area contributed by atoms with Crippen molar-refractivity contribution >= 4 is 11.8 Å². The molecule has 0 aliphatic carbocycles. The standard InChI is InChI=1S/C15H21N5/c1-20(10-8-12-5-3-2-4-6-12)14-13(7-9-16)11-18-15(17)19-14/h2-6,11H,7-10,16H2,1H3,(H2,17,18,19). The van der Waals surface area contributed by atoms with Gasteiger partial charge in [-0.05, 0) is 24.9 Å². The van der Waals surface area contributed by atoms with Crippen molar-refractivity contribution in [2.24, 2.45) is 5.73 Å². The van der Waals surface area contributed by atoms with Crippen LogP contribution >= 0.6 is 0 Å². The fraction of sp³-hybridized carbons (Fsp3) is 0.333.